The van der Waals surface area contributed by atoms with Gasteiger partial charge in [-0.1, -0.05) is 29.8 Å². The Morgan fingerprint density at radius 2 is 2.06 bits per heavy atom. The number of aromatic nitrogens is 2. The summed E-state index contributed by atoms with van der Waals surface area (Å²) in [7, 11) is 0. The molecule has 16 heavy (non-hydrogen) atoms. The van der Waals surface area contributed by atoms with E-state index in [1.165, 1.54) is 13.1 Å². The van der Waals surface area contributed by atoms with Gasteiger partial charge in [-0.2, -0.15) is 5.10 Å². The highest BCUT2D eigenvalue weighted by molar-refractivity contribution is 6.33. The maximum atomic E-state index is 11.3. The molecule has 3 nitrogen and oxygen atoms in total. The highest BCUT2D eigenvalue weighted by Crippen LogP contribution is 2.22. The highest BCUT2D eigenvalue weighted by atomic mass is 35.5. The zero-order valence-electron chi connectivity index (χ0n) is 9.07. The third-order valence-corrected chi connectivity index (χ3v) is 2.80. The van der Waals surface area contributed by atoms with Gasteiger partial charge in [0, 0.05) is 0 Å². The second-order valence-corrected chi connectivity index (χ2v) is 3.96. The Morgan fingerprint density at radius 1 is 1.38 bits per heavy atom. The number of benzene rings is 1. The second kappa shape index (κ2) is 4.10. The molecule has 1 aromatic carbocycles. The molecule has 0 saturated heterocycles. The molecule has 0 radical (unpaired) electrons. The lowest BCUT2D eigenvalue weighted by Crippen LogP contribution is -1.99. The van der Waals surface area contributed by atoms with Gasteiger partial charge in [0.15, 0.2) is 5.78 Å². The van der Waals surface area contributed by atoms with E-state index in [0.29, 0.717) is 10.7 Å². The Balaban J connectivity index is 2.58. The third-order valence-electron chi connectivity index (χ3n) is 2.43. The molecule has 0 aliphatic carbocycles. The largest absolute Gasteiger partial charge is 0.294 e. The Kier molecular flexibility index (Phi) is 2.79. The second-order valence-electron chi connectivity index (χ2n) is 3.60. The summed E-state index contributed by atoms with van der Waals surface area (Å²) in [5.41, 5.74) is 2.40. The molecule has 0 atom stereocenters. The van der Waals surface area contributed by atoms with Crippen molar-refractivity contribution < 1.29 is 4.79 Å². The van der Waals surface area contributed by atoms with Gasteiger partial charge in [-0.15, -0.1) is 0 Å². The van der Waals surface area contributed by atoms with Gasteiger partial charge in [0.25, 0.3) is 0 Å². The van der Waals surface area contributed by atoms with Crippen LogP contribution in [0.4, 0.5) is 0 Å². The number of hydrogen-bond donors (Lipinski definition) is 0. The van der Waals surface area contributed by atoms with E-state index in [2.05, 4.69) is 5.10 Å². The van der Waals surface area contributed by atoms with E-state index in [1.807, 2.05) is 31.2 Å². The lowest BCUT2D eigenvalue weighted by Gasteiger charge is -2.06. The van der Waals surface area contributed by atoms with Crippen LogP contribution in [-0.2, 0) is 0 Å². The molecule has 0 spiro atoms. The summed E-state index contributed by atoms with van der Waals surface area (Å²) in [6.07, 6.45) is 1.50. The number of para-hydroxylation sites is 1. The van der Waals surface area contributed by atoms with E-state index in [9.17, 15) is 4.79 Å². The van der Waals surface area contributed by atoms with Crippen molar-refractivity contribution in [3.05, 3.63) is 46.7 Å². The van der Waals surface area contributed by atoms with Crippen LogP contribution in [0.3, 0.4) is 0 Å². The van der Waals surface area contributed by atoms with Crippen molar-refractivity contribution in [2.45, 2.75) is 13.8 Å². The number of carbonyl (C=O) groups is 1. The molecule has 2 rings (SSSR count). The lowest BCUT2D eigenvalue weighted by atomic mass is 10.2. The molecule has 0 amide bonds. The summed E-state index contributed by atoms with van der Waals surface area (Å²) in [5.74, 6) is -0.0789. The summed E-state index contributed by atoms with van der Waals surface area (Å²) in [6, 6.07) is 7.74. The first-order valence-electron chi connectivity index (χ1n) is 4.91. The predicted molar refractivity (Wildman–Crippen MR) is 63.3 cm³/mol. The minimum Gasteiger partial charge on any atom is -0.294 e. The van der Waals surface area contributed by atoms with Gasteiger partial charge in [0.1, 0.15) is 5.15 Å². The molecule has 0 saturated carbocycles. The SMILES string of the molecule is CC(=O)c1cnn(-c2ccccc2C)c1Cl. The molecule has 4 heteroatoms. The molecule has 1 heterocycles. The van der Waals surface area contributed by atoms with Gasteiger partial charge in [0.05, 0.1) is 17.4 Å². The molecular weight excluding hydrogens is 224 g/mol. The van der Waals surface area contributed by atoms with Crippen molar-refractivity contribution in [1.82, 2.24) is 9.78 Å². The summed E-state index contributed by atoms with van der Waals surface area (Å²) < 4.78 is 1.58. The topological polar surface area (TPSA) is 34.9 Å². The van der Waals surface area contributed by atoms with Crippen LogP contribution in [0.1, 0.15) is 22.8 Å². The number of ketones is 1. The molecule has 0 bridgehead atoms. The molecule has 0 aliphatic heterocycles. The number of halogens is 1. The molecule has 0 fully saturated rings. The summed E-state index contributed by atoms with van der Waals surface area (Å²) in [5, 5.41) is 4.49. The number of rotatable bonds is 2. The van der Waals surface area contributed by atoms with Gasteiger partial charge in [-0.3, -0.25) is 4.79 Å². The van der Waals surface area contributed by atoms with Crippen LogP contribution in [0.15, 0.2) is 30.5 Å². The number of hydrogen-bond acceptors (Lipinski definition) is 2. The van der Waals surface area contributed by atoms with Crippen molar-refractivity contribution in [2.24, 2.45) is 0 Å². The number of Topliss-reactive ketones (excluding diaryl/α,β-unsaturated/α-hetero) is 1. The Morgan fingerprint density at radius 3 is 2.62 bits per heavy atom. The monoisotopic (exact) mass is 234 g/mol. The van der Waals surface area contributed by atoms with Crippen LogP contribution in [-0.4, -0.2) is 15.6 Å². The Hall–Kier alpha value is -1.61. The molecule has 82 valence electrons. The average Bonchev–Trinajstić information content (AvgIpc) is 2.61. The minimum atomic E-state index is -0.0789. The van der Waals surface area contributed by atoms with Gasteiger partial charge in [-0.05, 0) is 25.5 Å². The minimum absolute atomic E-state index is 0.0789. The van der Waals surface area contributed by atoms with Crippen LogP contribution in [0.5, 0.6) is 0 Å². The number of aryl methyl sites for hydroxylation is 1. The van der Waals surface area contributed by atoms with E-state index >= 15 is 0 Å². The van der Waals surface area contributed by atoms with Crippen molar-refractivity contribution in [3.63, 3.8) is 0 Å². The zero-order chi connectivity index (χ0) is 11.7. The molecule has 1 aromatic heterocycles. The summed E-state index contributed by atoms with van der Waals surface area (Å²) in [6.45, 7) is 3.45. The van der Waals surface area contributed by atoms with Gasteiger partial charge >= 0.3 is 0 Å². The Bertz CT molecular complexity index is 546. The summed E-state index contributed by atoms with van der Waals surface area (Å²) in [4.78, 5) is 11.3. The van der Waals surface area contributed by atoms with E-state index in [4.69, 9.17) is 11.6 Å². The first-order valence-corrected chi connectivity index (χ1v) is 5.29. The predicted octanol–water partition coefficient (Wildman–Crippen LogP) is 3.04. The van der Waals surface area contributed by atoms with Crippen molar-refractivity contribution in [3.8, 4) is 5.69 Å². The first-order chi connectivity index (χ1) is 7.61. The smallest absolute Gasteiger partial charge is 0.164 e. The average molecular weight is 235 g/mol. The van der Waals surface area contributed by atoms with E-state index < -0.39 is 0 Å². The third kappa shape index (κ3) is 1.74. The highest BCUT2D eigenvalue weighted by Gasteiger charge is 2.14. The van der Waals surface area contributed by atoms with Crippen LogP contribution in [0.2, 0.25) is 5.15 Å². The van der Waals surface area contributed by atoms with Gasteiger partial charge < -0.3 is 0 Å². The van der Waals surface area contributed by atoms with Crippen molar-refractivity contribution in [1.29, 1.82) is 0 Å². The number of carbonyl (C=O) groups excluding carboxylic acids is 1. The lowest BCUT2D eigenvalue weighted by molar-refractivity contribution is 0.101. The first kappa shape index (κ1) is 10.9. The number of nitrogens with zero attached hydrogens (tertiary/aromatic N) is 2. The quantitative estimate of drug-likeness (QED) is 0.749. The van der Waals surface area contributed by atoms with Gasteiger partial charge in [0.2, 0.25) is 0 Å². The van der Waals surface area contributed by atoms with E-state index in [1.54, 1.807) is 4.68 Å². The van der Waals surface area contributed by atoms with Crippen LogP contribution in [0.25, 0.3) is 5.69 Å². The van der Waals surface area contributed by atoms with E-state index in [0.717, 1.165) is 11.3 Å². The zero-order valence-corrected chi connectivity index (χ0v) is 9.82. The Labute approximate surface area is 98.7 Å². The molecular formula is C12H11ClN2O. The van der Waals surface area contributed by atoms with Crippen LogP contribution < -0.4 is 0 Å². The fourth-order valence-corrected chi connectivity index (χ4v) is 1.86. The summed E-state index contributed by atoms with van der Waals surface area (Å²) >= 11 is 6.11. The van der Waals surface area contributed by atoms with Crippen molar-refractivity contribution in [2.75, 3.05) is 0 Å². The van der Waals surface area contributed by atoms with Crippen LogP contribution in [0, 0.1) is 6.92 Å². The maximum Gasteiger partial charge on any atom is 0.164 e. The molecule has 2 aromatic rings. The van der Waals surface area contributed by atoms with Gasteiger partial charge in [-0.25, -0.2) is 4.68 Å². The fraction of sp³-hybridized carbons (Fsp3) is 0.167. The normalized spacial score (nSPS) is 10.4. The molecule has 0 aliphatic rings. The molecule has 0 unspecified atom stereocenters. The standard InChI is InChI=1S/C12H11ClN2O/c1-8-5-3-4-6-11(8)15-12(13)10(7-14-15)9(2)16/h3-7H,1-2H3. The fourth-order valence-electron chi connectivity index (χ4n) is 1.54. The van der Waals surface area contributed by atoms with Crippen molar-refractivity contribution >= 4 is 17.4 Å². The molecule has 0 N–H and O–H groups in total. The van der Waals surface area contributed by atoms with E-state index in [-0.39, 0.29) is 5.78 Å². The van der Waals surface area contributed by atoms with Crippen LogP contribution >= 0.6 is 11.6 Å². The maximum absolute atomic E-state index is 11.3.